The molecule has 0 bridgehead atoms. The van der Waals surface area contributed by atoms with Gasteiger partial charge >= 0.3 is 5.69 Å². The highest BCUT2D eigenvalue weighted by Crippen LogP contribution is 2.46. The van der Waals surface area contributed by atoms with Gasteiger partial charge in [-0.15, -0.1) is 0 Å². The van der Waals surface area contributed by atoms with Gasteiger partial charge in [0.05, 0.1) is 33.7 Å². The fourth-order valence-electron chi connectivity index (χ4n) is 6.03. The molecular weight excluding hydrogens is 632 g/mol. The zero-order chi connectivity index (χ0) is 32.9. The van der Waals surface area contributed by atoms with Gasteiger partial charge < -0.3 is 19.4 Å². The molecule has 0 radical (unpaired) electrons. The van der Waals surface area contributed by atoms with Crippen LogP contribution in [0.2, 0.25) is 10.0 Å². The van der Waals surface area contributed by atoms with Crippen LogP contribution in [0.3, 0.4) is 0 Å². The van der Waals surface area contributed by atoms with Crippen molar-refractivity contribution in [3.8, 4) is 22.7 Å². The third kappa shape index (κ3) is 5.61. The summed E-state index contributed by atoms with van der Waals surface area (Å²) in [4.78, 5) is 47.0. The zero-order valence-electron chi connectivity index (χ0n) is 26.2. The molecular formula is C33H34Cl2FN7O3. The number of ether oxygens (including phenoxy) is 1. The number of aryl methyl sites for hydroxylation is 1. The third-order valence-corrected chi connectivity index (χ3v) is 8.91. The monoisotopic (exact) mass is 665 g/mol. The standard InChI is InChI=1S/C33H34Cl2FN7O3/c1-18(2)27-29(19(3)11-12-37-27)43-32-25-30(26(35)28(38-32)24-21(34)8-6-9-22(24)36)46-17-20-16-41(23(44)10-7-13-40(4)5)14-15-42(20)31(25)39-33(43)45/h6-12,18,20H,13-17H2,1-5H3/b10-7+. The van der Waals surface area contributed by atoms with Gasteiger partial charge in [0.2, 0.25) is 5.91 Å². The number of benzene rings is 1. The lowest BCUT2D eigenvalue weighted by atomic mass is 10.0. The van der Waals surface area contributed by atoms with Crippen molar-refractivity contribution < 1.29 is 13.9 Å². The molecule has 1 saturated heterocycles. The molecule has 1 atom stereocenters. The topological polar surface area (TPSA) is 96.7 Å². The van der Waals surface area contributed by atoms with Crippen LogP contribution in [0.5, 0.6) is 5.75 Å². The minimum Gasteiger partial charge on any atom is -0.489 e. The average Bonchev–Trinajstić information content (AvgIpc) is 3.16. The first-order valence-corrected chi connectivity index (χ1v) is 15.8. The normalized spacial score (nSPS) is 16.3. The Morgan fingerprint density at radius 1 is 1.20 bits per heavy atom. The smallest absolute Gasteiger partial charge is 0.355 e. The Labute approximate surface area is 276 Å². The predicted molar refractivity (Wildman–Crippen MR) is 178 cm³/mol. The first-order chi connectivity index (χ1) is 22.0. The van der Waals surface area contributed by atoms with E-state index in [0.717, 1.165) is 5.56 Å². The minimum absolute atomic E-state index is 0.0106. The fraction of sp³-hybridized carbons (Fsp3) is 0.364. The summed E-state index contributed by atoms with van der Waals surface area (Å²) in [5.74, 6) is -0.224. The lowest BCUT2D eigenvalue weighted by molar-refractivity contribution is -0.126. The molecule has 3 aromatic heterocycles. The number of aromatic nitrogens is 4. The molecule has 240 valence electrons. The van der Waals surface area contributed by atoms with Gasteiger partial charge in [0.25, 0.3) is 0 Å². The Balaban J connectivity index is 1.59. The van der Waals surface area contributed by atoms with Crippen molar-refractivity contribution in [2.75, 3.05) is 51.8 Å². The molecule has 0 saturated carbocycles. The molecule has 0 spiro atoms. The molecule has 0 aliphatic carbocycles. The van der Waals surface area contributed by atoms with E-state index < -0.39 is 11.5 Å². The van der Waals surface area contributed by atoms with Crippen LogP contribution in [0.4, 0.5) is 10.2 Å². The summed E-state index contributed by atoms with van der Waals surface area (Å²) in [5.41, 5.74) is 1.61. The van der Waals surface area contributed by atoms with Gasteiger partial charge in [-0.2, -0.15) is 4.98 Å². The van der Waals surface area contributed by atoms with E-state index in [9.17, 15) is 9.59 Å². The number of carbonyl (C=O) groups excluding carboxylic acids is 1. The quantitative estimate of drug-likeness (QED) is 0.258. The Hall–Kier alpha value is -4.06. The van der Waals surface area contributed by atoms with Gasteiger partial charge in [0.15, 0.2) is 11.4 Å². The highest BCUT2D eigenvalue weighted by molar-refractivity contribution is 6.38. The maximum atomic E-state index is 15.4. The molecule has 2 aliphatic heterocycles. The van der Waals surface area contributed by atoms with E-state index in [1.165, 1.54) is 16.7 Å². The third-order valence-electron chi connectivity index (χ3n) is 8.25. The van der Waals surface area contributed by atoms with Crippen molar-refractivity contribution >= 4 is 46.0 Å². The Bertz CT molecular complexity index is 1930. The first-order valence-electron chi connectivity index (χ1n) is 15.0. The number of piperazine rings is 1. The van der Waals surface area contributed by atoms with E-state index in [0.29, 0.717) is 48.8 Å². The van der Waals surface area contributed by atoms with Gasteiger partial charge in [0, 0.05) is 38.5 Å². The summed E-state index contributed by atoms with van der Waals surface area (Å²) in [6.07, 6.45) is 5.10. The second kappa shape index (κ2) is 12.6. The molecule has 46 heavy (non-hydrogen) atoms. The number of amides is 1. The molecule has 1 aromatic carbocycles. The van der Waals surface area contributed by atoms with Crippen LogP contribution in [0, 0.1) is 12.7 Å². The molecule has 6 rings (SSSR count). The molecule has 13 heteroatoms. The van der Waals surface area contributed by atoms with Crippen molar-refractivity contribution in [2.24, 2.45) is 0 Å². The first kappa shape index (κ1) is 31.9. The van der Waals surface area contributed by atoms with E-state index in [1.54, 1.807) is 23.2 Å². The van der Waals surface area contributed by atoms with Crippen LogP contribution >= 0.6 is 23.2 Å². The number of halogens is 3. The van der Waals surface area contributed by atoms with Crippen molar-refractivity contribution in [2.45, 2.75) is 32.7 Å². The van der Waals surface area contributed by atoms with Crippen LogP contribution in [-0.2, 0) is 4.79 Å². The number of carbonyl (C=O) groups is 1. The van der Waals surface area contributed by atoms with E-state index >= 15 is 4.39 Å². The van der Waals surface area contributed by atoms with Gasteiger partial charge in [0.1, 0.15) is 28.7 Å². The number of hydrogen-bond donors (Lipinski definition) is 0. The molecule has 1 fully saturated rings. The van der Waals surface area contributed by atoms with Crippen molar-refractivity contribution in [3.63, 3.8) is 0 Å². The van der Waals surface area contributed by atoms with Crippen LogP contribution < -0.4 is 15.3 Å². The van der Waals surface area contributed by atoms with Crippen molar-refractivity contribution in [1.82, 2.24) is 29.3 Å². The maximum Gasteiger partial charge on any atom is 0.355 e. The van der Waals surface area contributed by atoms with E-state index in [-0.39, 0.29) is 57.2 Å². The lowest BCUT2D eigenvalue weighted by Crippen LogP contribution is -2.56. The van der Waals surface area contributed by atoms with Crippen LogP contribution in [-0.4, -0.2) is 88.1 Å². The summed E-state index contributed by atoms with van der Waals surface area (Å²) in [7, 11) is 3.86. The summed E-state index contributed by atoms with van der Waals surface area (Å²) in [6.45, 7) is 7.76. The van der Waals surface area contributed by atoms with E-state index in [2.05, 4.69) is 9.97 Å². The van der Waals surface area contributed by atoms with Crippen molar-refractivity contribution in [1.29, 1.82) is 0 Å². The Kier molecular flexibility index (Phi) is 8.75. The number of likely N-dealkylation sites (N-methyl/N-ethyl adjacent to an activating group) is 1. The summed E-state index contributed by atoms with van der Waals surface area (Å²) >= 11 is 13.5. The molecule has 10 nitrogen and oxygen atoms in total. The highest BCUT2D eigenvalue weighted by Gasteiger charge is 2.37. The van der Waals surface area contributed by atoms with E-state index in [4.69, 9.17) is 32.9 Å². The number of anilines is 1. The SMILES string of the molecule is Cc1ccnc(C(C)C)c1-n1c(=O)nc2c3c(c(Cl)c(-c4c(F)cccc4Cl)nc31)OCC1CN(C(=O)/C=C/CN(C)C)CCN21. The average molecular weight is 667 g/mol. The second-order valence-corrected chi connectivity index (χ2v) is 12.9. The number of nitrogens with zero attached hydrogens (tertiary/aromatic N) is 7. The van der Waals surface area contributed by atoms with Gasteiger partial charge in [-0.25, -0.2) is 18.7 Å². The fourth-order valence-corrected chi connectivity index (χ4v) is 6.56. The maximum absolute atomic E-state index is 15.4. The Morgan fingerprint density at radius 2 is 1.98 bits per heavy atom. The van der Waals surface area contributed by atoms with Crippen molar-refractivity contribution in [3.05, 3.63) is 80.2 Å². The zero-order valence-corrected chi connectivity index (χ0v) is 27.7. The second-order valence-electron chi connectivity index (χ2n) is 12.1. The Morgan fingerprint density at radius 3 is 2.70 bits per heavy atom. The molecule has 2 aliphatic rings. The molecule has 1 unspecified atom stereocenters. The largest absolute Gasteiger partial charge is 0.489 e. The van der Waals surface area contributed by atoms with Crippen LogP contribution in [0.25, 0.3) is 28.0 Å². The molecule has 5 heterocycles. The number of pyridine rings is 2. The molecule has 1 amide bonds. The highest BCUT2D eigenvalue weighted by atomic mass is 35.5. The predicted octanol–water partition coefficient (Wildman–Crippen LogP) is 5.25. The summed E-state index contributed by atoms with van der Waals surface area (Å²) in [5, 5.41) is 0.554. The number of rotatable bonds is 6. The van der Waals surface area contributed by atoms with Crippen LogP contribution in [0.1, 0.15) is 31.0 Å². The lowest BCUT2D eigenvalue weighted by Gasteiger charge is -2.40. The molecule has 0 N–H and O–H groups in total. The van der Waals surface area contributed by atoms with E-state index in [1.807, 2.05) is 56.8 Å². The van der Waals surface area contributed by atoms with Gasteiger partial charge in [-0.3, -0.25) is 9.78 Å². The summed E-state index contributed by atoms with van der Waals surface area (Å²) < 4.78 is 23.2. The van der Waals surface area contributed by atoms with Gasteiger partial charge in [-0.05, 0) is 50.7 Å². The van der Waals surface area contributed by atoms with Gasteiger partial charge in [-0.1, -0.05) is 49.2 Å². The number of hydrogen-bond acceptors (Lipinski definition) is 8. The van der Waals surface area contributed by atoms with Crippen LogP contribution in [0.15, 0.2) is 47.4 Å². The summed E-state index contributed by atoms with van der Waals surface area (Å²) in [6, 6.07) is 5.78. The molecule has 4 aromatic rings. The number of fused-ring (bicyclic) bond motifs is 2. The minimum atomic E-state index is -0.625.